The molecule has 0 radical (unpaired) electrons. The van der Waals surface area contributed by atoms with Gasteiger partial charge in [-0.25, -0.2) is 0 Å². The lowest BCUT2D eigenvalue weighted by Crippen LogP contribution is -2.44. The molecule has 0 aliphatic carbocycles. The van der Waals surface area contributed by atoms with E-state index < -0.39 is 0 Å². The summed E-state index contributed by atoms with van der Waals surface area (Å²) >= 11 is 0. The van der Waals surface area contributed by atoms with Crippen LogP contribution in [0.2, 0.25) is 0 Å². The second-order valence-corrected chi connectivity index (χ2v) is 9.39. The number of benzene rings is 2. The molecular formula is C30H41N3O4. The van der Waals surface area contributed by atoms with Crippen LogP contribution in [0.25, 0.3) is 10.9 Å². The number of carbonyl (C=O) groups excluding carboxylic acids is 2. The summed E-state index contributed by atoms with van der Waals surface area (Å²) in [6.07, 6.45) is 7.32. The summed E-state index contributed by atoms with van der Waals surface area (Å²) in [7, 11) is 3.25. The van der Waals surface area contributed by atoms with Crippen molar-refractivity contribution in [3.05, 3.63) is 65.9 Å². The van der Waals surface area contributed by atoms with Crippen molar-refractivity contribution < 1.29 is 19.1 Å². The lowest BCUT2D eigenvalue weighted by molar-refractivity contribution is -0.141. The van der Waals surface area contributed by atoms with Gasteiger partial charge < -0.3 is 24.3 Å². The van der Waals surface area contributed by atoms with Crippen LogP contribution >= 0.6 is 0 Å². The van der Waals surface area contributed by atoms with Crippen molar-refractivity contribution in [2.75, 3.05) is 40.5 Å². The molecule has 1 aromatic heterocycles. The number of hydrogen-bond donors (Lipinski definition) is 1. The van der Waals surface area contributed by atoms with Crippen molar-refractivity contribution in [1.82, 2.24) is 14.8 Å². The fourth-order valence-electron chi connectivity index (χ4n) is 4.45. The standard InChI is InChI=1S/C30H41N3O4/c1-4-5-6-7-12-29(34)33(19-20-36-2)23-30(35)32(22-24-13-15-26(37-3)16-14-24)18-17-25-21-31-28-11-9-8-10-27(25)28/h8-11,13-16,21,31H,4-7,12,17-20,22-23H2,1-3H3. The highest BCUT2D eigenvalue weighted by atomic mass is 16.5. The van der Waals surface area contributed by atoms with Gasteiger partial charge in [-0.1, -0.05) is 56.5 Å². The number of para-hydroxylation sites is 1. The summed E-state index contributed by atoms with van der Waals surface area (Å²) < 4.78 is 10.5. The van der Waals surface area contributed by atoms with Gasteiger partial charge in [0, 0.05) is 50.3 Å². The van der Waals surface area contributed by atoms with Gasteiger partial charge in [-0.05, 0) is 42.2 Å². The lowest BCUT2D eigenvalue weighted by Gasteiger charge is -2.28. The van der Waals surface area contributed by atoms with Gasteiger partial charge in [-0.2, -0.15) is 0 Å². The van der Waals surface area contributed by atoms with Crippen molar-refractivity contribution in [2.24, 2.45) is 0 Å². The summed E-state index contributed by atoms with van der Waals surface area (Å²) in [5.74, 6) is 0.732. The predicted octanol–water partition coefficient (Wildman–Crippen LogP) is 5.19. The van der Waals surface area contributed by atoms with E-state index in [1.807, 2.05) is 47.5 Å². The number of rotatable bonds is 16. The lowest BCUT2D eigenvalue weighted by atomic mass is 10.1. The highest BCUT2D eigenvalue weighted by Gasteiger charge is 2.22. The minimum Gasteiger partial charge on any atom is -0.497 e. The first kappa shape index (κ1) is 28.3. The van der Waals surface area contributed by atoms with E-state index in [9.17, 15) is 9.59 Å². The van der Waals surface area contributed by atoms with E-state index in [0.29, 0.717) is 32.7 Å². The molecule has 0 unspecified atom stereocenters. The van der Waals surface area contributed by atoms with Crippen LogP contribution in [0.3, 0.4) is 0 Å². The number of unbranched alkanes of at least 4 members (excludes halogenated alkanes) is 3. The summed E-state index contributed by atoms with van der Waals surface area (Å²) in [5, 5.41) is 1.17. The number of methoxy groups -OCH3 is 2. The molecule has 0 saturated heterocycles. The molecule has 7 heteroatoms. The highest BCUT2D eigenvalue weighted by molar-refractivity contribution is 5.85. The monoisotopic (exact) mass is 507 g/mol. The highest BCUT2D eigenvalue weighted by Crippen LogP contribution is 2.19. The molecular weight excluding hydrogens is 466 g/mol. The van der Waals surface area contributed by atoms with Gasteiger partial charge in [0.15, 0.2) is 0 Å². The third kappa shape index (κ3) is 8.64. The molecule has 0 fully saturated rings. The Morgan fingerprint density at radius 2 is 1.68 bits per heavy atom. The maximum absolute atomic E-state index is 13.6. The zero-order chi connectivity index (χ0) is 26.5. The maximum Gasteiger partial charge on any atom is 0.242 e. The fourth-order valence-corrected chi connectivity index (χ4v) is 4.45. The largest absolute Gasteiger partial charge is 0.497 e. The Hall–Kier alpha value is -3.32. The van der Waals surface area contributed by atoms with Crippen LogP contribution in [-0.2, 0) is 27.3 Å². The van der Waals surface area contributed by atoms with Crippen LogP contribution in [-0.4, -0.2) is 67.1 Å². The number of hydrogen-bond acceptors (Lipinski definition) is 4. The smallest absolute Gasteiger partial charge is 0.242 e. The molecule has 2 aromatic carbocycles. The zero-order valence-corrected chi connectivity index (χ0v) is 22.5. The molecule has 7 nitrogen and oxygen atoms in total. The molecule has 0 atom stereocenters. The van der Waals surface area contributed by atoms with Crippen LogP contribution in [0.15, 0.2) is 54.7 Å². The summed E-state index contributed by atoms with van der Waals surface area (Å²) in [6.45, 7) is 4.04. The molecule has 1 N–H and O–H groups in total. The Morgan fingerprint density at radius 3 is 2.41 bits per heavy atom. The van der Waals surface area contributed by atoms with E-state index in [1.165, 1.54) is 10.9 Å². The van der Waals surface area contributed by atoms with Crippen molar-refractivity contribution in [2.45, 2.75) is 52.0 Å². The molecule has 0 aliphatic rings. The number of nitrogens with zero attached hydrogens (tertiary/aromatic N) is 2. The number of aromatic nitrogens is 1. The number of nitrogens with one attached hydrogen (secondary N) is 1. The van der Waals surface area contributed by atoms with Crippen LogP contribution in [0.4, 0.5) is 0 Å². The third-order valence-electron chi connectivity index (χ3n) is 6.70. The number of fused-ring (bicyclic) bond motifs is 1. The minimum absolute atomic E-state index is 0.0162. The molecule has 0 saturated carbocycles. The first-order chi connectivity index (χ1) is 18.0. The summed E-state index contributed by atoms with van der Waals surface area (Å²) in [4.78, 5) is 33.4. The first-order valence-corrected chi connectivity index (χ1v) is 13.3. The SMILES string of the molecule is CCCCCCC(=O)N(CCOC)CC(=O)N(CCc1c[nH]c2ccccc12)Cc1ccc(OC)cc1. The molecule has 3 rings (SSSR count). The van der Waals surface area contributed by atoms with E-state index in [4.69, 9.17) is 9.47 Å². The zero-order valence-electron chi connectivity index (χ0n) is 22.5. The van der Waals surface area contributed by atoms with E-state index >= 15 is 0 Å². The van der Waals surface area contributed by atoms with E-state index in [2.05, 4.69) is 24.0 Å². The van der Waals surface area contributed by atoms with E-state index in [1.54, 1.807) is 19.1 Å². The molecule has 0 bridgehead atoms. The topological polar surface area (TPSA) is 74.9 Å². The Labute approximate surface area is 220 Å². The average Bonchev–Trinajstić information content (AvgIpc) is 3.34. The second-order valence-electron chi connectivity index (χ2n) is 9.39. The molecule has 2 amide bonds. The molecule has 37 heavy (non-hydrogen) atoms. The third-order valence-corrected chi connectivity index (χ3v) is 6.70. The van der Waals surface area contributed by atoms with Crippen LogP contribution in [0.5, 0.6) is 5.75 Å². The predicted molar refractivity (Wildman–Crippen MR) is 148 cm³/mol. The van der Waals surface area contributed by atoms with Gasteiger partial charge in [0.25, 0.3) is 0 Å². The van der Waals surface area contributed by atoms with Crippen LogP contribution < -0.4 is 4.74 Å². The van der Waals surface area contributed by atoms with E-state index in [-0.39, 0.29) is 18.4 Å². The Bertz CT molecular complexity index is 1110. The molecule has 0 aliphatic heterocycles. The van der Waals surface area contributed by atoms with Gasteiger partial charge >= 0.3 is 0 Å². The number of amides is 2. The van der Waals surface area contributed by atoms with Crippen molar-refractivity contribution in [1.29, 1.82) is 0 Å². The van der Waals surface area contributed by atoms with Gasteiger partial charge in [0.05, 0.1) is 20.3 Å². The molecule has 0 spiro atoms. The quantitative estimate of drug-likeness (QED) is 0.271. The van der Waals surface area contributed by atoms with Crippen LogP contribution in [0.1, 0.15) is 50.2 Å². The first-order valence-electron chi connectivity index (χ1n) is 13.3. The number of carbonyl (C=O) groups is 2. The summed E-state index contributed by atoms with van der Waals surface area (Å²) in [6, 6.07) is 16.0. The van der Waals surface area contributed by atoms with Gasteiger partial charge in [-0.3, -0.25) is 9.59 Å². The molecule has 1 heterocycles. The number of H-pyrrole nitrogens is 1. The van der Waals surface area contributed by atoms with Crippen LogP contribution in [0, 0.1) is 0 Å². The Kier molecular flexibility index (Phi) is 11.5. The number of aromatic amines is 1. The Balaban J connectivity index is 1.73. The van der Waals surface area contributed by atoms with Crippen molar-refractivity contribution in [3.63, 3.8) is 0 Å². The normalized spacial score (nSPS) is 11.0. The Morgan fingerprint density at radius 1 is 0.892 bits per heavy atom. The number of ether oxygens (including phenoxy) is 2. The van der Waals surface area contributed by atoms with E-state index in [0.717, 1.165) is 48.9 Å². The molecule has 200 valence electrons. The van der Waals surface area contributed by atoms with Gasteiger partial charge in [-0.15, -0.1) is 0 Å². The van der Waals surface area contributed by atoms with Gasteiger partial charge in [0.2, 0.25) is 11.8 Å². The summed E-state index contributed by atoms with van der Waals surface area (Å²) in [5.41, 5.74) is 3.28. The second kappa shape index (κ2) is 15.1. The minimum atomic E-state index is -0.0614. The fraction of sp³-hybridized carbons (Fsp3) is 0.467. The van der Waals surface area contributed by atoms with Gasteiger partial charge in [0.1, 0.15) is 5.75 Å². The van der Waals surface area contributed by atoms with Crippen molar-refractivity contribution >= 4 is 22.7 Å². The average molecular weight is 508 g/mol. The molecule has 3 aromatic rings. The van der Waals surface area contributed by atoms with Crippen molar-refractivity contribution in [3.8, 4) is 5.75 Å². The maximum atomic E-state index is 13.6.